The molecule has 0 radical (unpaired) electrons. The van der Waals surface area contributed by atoms with Gasteiger partial charge in [0, 0.05) is 0 Å². The summed E-state index contributed by atoms with van der Waals surface area (Å²) in [5, 5.41) is 8.71. The standard InChI is InChI=1S/C17H6F19N3O2/c18-9(19,4-10(20,21)41-8(40)5-1-2-6-7(3-5)38-39-37-6)11(22,23)12(24,25)13(26,27)14(28,29)15(30,31)16(32,33)17(34,35)36/h1-3H,4H2,(H,37,38,39). The van der Waals surface area contributed by atoms with E-state index in [9.17, 15) is 88.2 Å². The van der Waals surface area contributed by atoms with Crippen molar-refractivity contribution in [3.05, 3.63) is 23.8 Å². The number of aromatic nitrogens is 3. The molecule has 41 heavy (non-hydrogen) atoms. The van der Waals surface area contributed by atoms with Crippen LogP contribution in [0, 0.1) is 0 Å². The quantitative estimate of drug-likeness (QED) is 0.221. The average molecular weight is 645 g/mol. The van der Waals surface area contributed by atoms with Crippen LogP contribution in [-0.4, -0.2) is 75.1 Å². The summed E-state index contributed by atoms with van der Waals surface area (Å²) < 4.78 is 256. The number of ether oxygens (including phenoxy) is 1. The average Bonchev–Trinajstić information content (AvgIpc) is 3.24. The van der Waals surface area contributed by atoms with Gasteiger partial charge in [-0.25, -0.2) is 4.79 Å². The van der Waals surface area contributed by atoms with E-state index in [1.54, 1.807) is 0 Å². The summed E-state index contributed by atoms with van der Waals surface area (Å²) in [5.74, 6) is -61.9. The number of carbonyl (C=O) groups is 1. The van der Waals surface area contributed by atoms with Crippen LogP contribution in [0.4, 0.5) is 83.4 Å². The molecule has 0 spiro atoms. The number of nitrogens with one attached hydrogen (secondary N) is 1. The molecular weight excluding hydrogens is 639 g/mol. The Morgan fingerprint density at radius 1 is 0.610 bits per heavy atom. The van der Waals surface area contributed by atoms with Crippen molar-refractivity contribution in [3.8, 4) is 0 Å². The maximum atomic E-state index is 13.8. The van der Waals surface area contributed by atoms with Gasteiger partial charge in [0.2, 0.25) is 0 Å². The molecule has 0 fully saturated rings. The van der Waals surface area contributed by atoms with Crippen molar-refractivity contribution in [1.82, 2.24) is 15.4 Å². The number of rotatable bonds is 10. The minimum absolute atomic E-state index is 0.0574. The summed E-state index contributed by atoms with van der Waals surface area (Å²) in [6, 6.07) is 1.97. The molecule has 0 aliphatic carbocycles. The molecule has 5 nitrogen and oxygen atoms in total. The lowest BCUT2D eigenvalue weighted by molar-refractivity contribution is -0.463. The lowest BCUT2D eigenvalue weighted by atomic mass is 9.88. The van der Waals surface area contributed by atoms with Gasteiger partial charge in [0.15, 0.2) is 0 Å². The molecule has 0 unspecified atom stereocenters. The summed E-state index contributed by atoms with van der Waals surface area (Å²) in [7, 11) is 0. The highest BCUT2D eigenvalue weighted by Crippen LogP contribution is 2.64. The van der Waals surface area contributed by atoms with Crippen LogP contribution in [0.1, 0.15) is 16.8 Å². The molecule has 0 saturated heterocycles. The molecule has 24 heteroatoms. The van der Waals surface area contributed by atoms with Gasteiger partial charge in [-0.05, 0) is 18.2 Å². The van der Waals surface area contributed by atoms with E-state index < -0.39 is 71.7 Å². The first-order valence-corrected chi connectivity index (χ1v) is 9.54. The Balaban J connectivity index is 2.43. The molecule has 0 aliphatic heterocycles. The highest BCUT2D eigenvalue weighted by atomic mass is 19.4. The highest BCUT2D eigenvalue weighted by Gasteiger charge is 2.95. The molecule has 0 saturated carbocycles. The van der Waals surface area contributed by atoms with E-state index in [2.05, 4.69) is 14.9 Å². The van der Waals surface area contributed by atoms with Crippen LogP contribution in [0.3, 0.4) is 0 Å². The molecule has 1 N–H and O–H groups in total. The number of esters is 1. The van der Waals surface area contributed by atoms with Gasteiger partial charge in [0.1, 0.15) is 17.5 Å². The van der Waals surface area contributed by atoms with Crippen LogP contribution in [0.5, 0.6) is 0 Å². The Bertz CT molecular complexity index is 1280. The molecule has 0 bridgehead atoms. The lowest BCUT2D eigenvalue weighted by Crippen LogP contribution is -2.74. The van der Waals surface area contributed by atoms with Crippen LogP contribution in [0.2, 0.25) is 0 Å². The maximum Gasteiger partial charge on any atom is 0.460 e. The predicted molar refractivity (Wildman–Crippen MR) is 89.6 cm³/mol. The zero-order valence-electron chi connectivity index (χ0n) is 18.3. The third-order valence-electron chi connectivity index (χ3n) is 5.01. The SMILES string of the molecule is O=C(OC(F)(F)CC(F)(F)C(F)(F)C(F)(F)C(F)(F)C(F)(F)C(F)(F)C(F)(F)C(F)(F)F)c1ccc2n[nH]nc2c1. The number of hydrogen-bond donors (Lipinski definition) is 1. The van der Waals surface area contributed by atoms with Crippen molar-refractivity contribution < 1.29 is 92.9 Å². The summed E-state index contributed by atoms with van der Waals surface area (Å²) in [5.41, 5.74) is -1.39. The summed E-state index contributed by atoms with van der Waals surface area (Å²) in [6.07, 6.45) is -18.3. The molecule has 1 aromatic carbocycles. The summed E-state index contributed by atoms with van der Waals surface area (Å²) in [4.78, 5) is 11.7. The van der Waals surface area contributed by atoms with E-state index in [1.165, 1.54) is 0 Å². The number of halogens is 19. The van der Waals surface area contributed by atoms with Crippen LogP contribution >= 0.6 is 0 Å². The topological polar surface area (TPSA) is 67.9 Å². The smallest absolute Gasteiger partial charge is 0.397 e. The molecule has 0 aliphatic rings. The Hall–Kier alpha value is -3.24. The molecule has 1 aromatic heterocycles. The maximum absolute atomic E-state index is 13.8. The zero-order valence-corrected chi connectivity index (χ0v) is 18.3. The van der Waals surface area contributed by atoms with Gasteiger partial charge in [-0.1, -0.05) is 0 Å². The number of aromatic amines is 1. The van der Waals surface area contributed by atoms with Gasteiger partial charge in [0.05, 0.1) is 5.56 Å². The normalized spacial score (nSPS) is 15.4. The number of benzene rings is 1. The van der Waals surface area contributed by atoms with Crippen LogP contribution in [0.25, 0.3) is 11.0 Å². The van der Waals surface area contributed by atoms with E-state index in [1.807, 2.05) is 5.21 Å². The first-order valence-electron chi connectivity index (χ1n) is 9.54. The molecule has 0 atom stereocenters. The van der Waals surface area contributed by atoms with E-state index in [-0.39, 0.29) is 11.0 Å². The monoisotopic (exact) mass is 645 g/mol. The van der Waals surface area contributed by atoms with Gasteiger partial charge < -0.3 is 4.74 Å². The van der Waals surface area contributed by atoms with Crippen LogP contribution in [-0.2, 0) is 4.74 Å². The summed E-state index contributed by atoms with van der Waals surface area (Å²) >= 11 is 0. The third-order valence-corrected chi connectivity index (χ3v) is 5.01. The van der Waals surface area contributed by atoms with Crippen molar-refractivity contribution in [3.63, 3.8) is 0 Å². The van der Waals surface area contributed by atoms with E-state index in [0.717, 1.165) is 6.07 Å². The second-order valence-corrected chi connectivity index (χ2v) is 7.88. The fourth-order valence-electron chi connectivity index (χ4n) is 2.76. The van der Waals surface area contributed by atoms with Gasteiger partial charge in [-0.3, -0.25) is 0 Å². The molecular formula is C17H6F19N3O2. The summed E-state index contributed by atoms with van der Waals surface area (Å²) in [6.45, 7) is 0. The molecule has 234 valence electrons. The Morgan fingerprint density at radius 2 is 1.02 bits per heavy atom. The van der Waals surface area contributed by atoms with Crippen LogP contribution < -0.4 is 0 Å². The number of hydrogen-bond acceptors (Lipinski definition) is 4. The molecule has 1 heterocycles. The lowest BCUT2D eigenvalue weighted by Gasteiger charge is -2.43. The Labute approximate surface area is 210 Å². The molecule has 2 aromatic rings. The van der Waals surface area contributed by atoms with E-state index >= 15 is 0 Å². The fraction of sp³-hybridized carbons (Fsp3) is 0.588. The molecule has 0 amide bonds. The Morgan fingerprint density at radius 3 is 1.49 bits per heavy atom. The fourth-order valence-corrected chi connectivity index (χ4v) is 2.76. The van der Waals surface area contributed by atoms with Gasteiger partial charge in [0.25, 0.3) is 0 Å². The number of alkyl halides is 19. The van der Waals surface area contributed by atoms with Gasteiger partial charge >= 0.3 is 59.7 Å². The minimum Gasteiger partial charge on any atom is -0.397 e. The number of fused-ring (bicyclic) bond motifs is 1. The molecule has 2 rings (SSSR count). The highest BCUT2D eigenvalue weighted by molar-refractivity contribution is 5.93. The predicted octanol–water partition coefficient (Wildman–Crippen LogP) is 7.11. The minimum atomic E-state index is -8.93. The van der Waals surface area contributed by atoms with E-state index in [0.29, 0.717) is 12.1 Å². The number of nitrogens with zero attached hydrogens (tertiary/aromatic N) is 2. The second kappa shape index (κ2) is 9.39. The number of carbonyl (C=O) groups excluding carboxylic acids is 1. The van der Waals surface area contributed by atoms with Gasteiger partial charge in [-0.2, -0.15) is 98.8 Å². The first kappa shape index (κ1) is 34.0. The number of H-pyrrole nitrogens is 1. The van der Waals surface area contributed by atoms with E-state index in [4.69, 9.17) is 0 Å². The third kappa shape index (κ3) is 5.05. The Kier molecular flexibility index (Phi) is 7.78. The van der Waals surface area contributed by atoms with Crippen molar-refractivity contribution in [2.75, 3.05) is 0 Å². The second-order valence-electron chi connectivity index (χ2n) is 7.88. The van der Waals surface area contributed by atoms with Crippen molar-refractivity contribution in [2.24, 2.45) is 0 Å². The van der Waals surface area contributed by atoms with Gasteiger partial charge in [-0.15, -0.1) is 0 Å². The van der Waals surface area contributed by atoms with Crippen molar-refractivity contribution in [2.45, 2.75) is 60.2 Å². The van der Waals surface area contributed by atoms with Crippen molar-refractivity contribution >= 4 is 17.0 Å². The largest absolute Gasteiger partial charge is 0.460 e. The van der Waals surface area contributed by atoms with Crippen LogP contribution in [0.15, 0.2) is 18.2 Å². The first-order chi connectivity index (χ1) is 17.9. The zero-order chi connectivity index (χ0) is 32.5. The van der Waals surface area contributed by atoms with Crippen molar-refractivity contribution in [1.29, 1.82) is 0 Å².